The molecular weight excluding hydrogens is 268 g/mol. The van der Waals surface area contributed by atoms with Gasteiger partial charge in [0.25, 0.3) is 0 Å². The molecular formula is C13H15ClN2OS. The molecule has 1 fully saturated rings. The lowest BCUT2D eigenvalue weighted by atomic mass is 10.2. The summed E-state index contributed by atoms with van der Waals surface area (Å²) in [6.07, 6.45) is 3.56. The van der Waals surface area contributed by atoms with Gasteiger partial charge >= 0.3 is 0 Å². The Bertz CT molecular complexity index is 633. The van der Waals surface area contributed by atoms with Gasteiger partial charge in [-0.2, -0.15) is 0 Å². The van der Waals surface area contributed by atoms with Gasteiger partial charge in [-0.3, -0.25) is 0 Å². The molecule has 0 amide bonds. The Kier molecular flexibility index (Phi) is 3.18. The smallest absolute Gasteiger partial charge is 0.178 e. The van der Waals surface area contributed by atoms with E-state index in [9.17, 15) is 0 Å². The molecule has 1 aromatic heterocycles. The summed E-state index contributed by atoms with van der Waals surface area (Å²) in [5.74, 6) is 0. The predicted molar refractivity (Wildman–Crippen MR) is 75.8 cm³/mol. The van der Waals surface area contributed by atoms with E-state index < -0.39 is 0 Å². The third-order valence-corrected chi connectivity index (χ3v) is 4.27. The summed E-state index contributed by atoms with van der Waals surface area (Å²) in [4.78, 5) is 3.24. The fourth-order valence-electron chi connectivity index (χ4n) is 2.82. The summed E-state index contributed by atoms with van der Waals surface area (Å²) in [5.41, 5.74) is 2.14. The topological polar surface area (TPSA) is 29.9 Å². The number of hydrogen-bond acceptors (Lipinski definition) is 2. The van der Waals surface area contributed by atoms with Crippen LogP contribution in [0.15, 0.2) is 18.2 Å². The normalized spacial score (nSPS) is 23.9. The second-order valence-electron chi connectivity index (χ2n) is 4.79. The van der Waals surface area contributed by atoms with Crippen molar-refractivity contribution in [2.75, 3.05) is 7.11 Å². The van der Waals surface area contributed by atoms with Gasteiger partial charge in [-0.15, -0.1) is 0 Å². The van der Waals surface area contributed by atoms with Crippen LogP contribution in [-0.4, -0.2) is 22.8 Å². The molecule has 2 unspecified atom stereocenters. The van der Waals surface area contributed by atoms with Gasteiger partial charge in [0.15, 0.2) is 4.77 Å². The van der Waals surface area contributed by atoms with Gasteiger partial charge in [-0.25, -0.2) is 0 Å². The second kappa shape index (κ2) is 4.68. The minimum absolute atomic E-state index is 0.348. The van der Waals surface area contributed by atoms with Gasteiger partial charge in [0, 0.05) is 18.2 Å². The molecule has 2 aromatic rings. The van der Waals surface area contributed by atoms with Crippen molar-refractivity contribution in [3.63, 3.8) is 0 Å². The number of ether oxygens (including phenoxy) is 1. The molecule has 5 heteroatoms. The molecule has 96 valence electrons. The van der Waals surface area contributed by atoms with Gasteiger partial charge in [-0.05, 0) is 49.7 Å². The van der Waals surface area contributed by atoms with Crippen molar-refractivity contribution in [1.29, 1.82) is 0 Å². The Morgan fingerprint density at radius 2 is 2.28 bits per heavy atom. The molecule has 3 nitrogen and oxygen atoms in total. The summed E-state index contributed by atoms with van der Waals surface area (Å²) in [5, 5.41) is 0.742. The number of aromatic nitrogens is 2. The van der Waals surface area contributed by atoms with Crippen molar-refractivity contribution in [2.24, 2.45) is 0 Å². The highest BCUT2D eigenvalue weighted by atomic mass is 35.5. The average Bonchev–Trinajstić information content (AvgIpc) is 2.92. The maximum Gasteiger partial charge on any atom is 0.178 e. The molecule has 1 aromatic carbocycles. The number of nitrogens with zero attached hydrogens (tertiary/aromatic N) is 1. The number of rotatable bonds is 2. The van der Waals surface area contributed by atoms with Crippen LogP contribution < -0.4 is 0 Å². The number of fused-ring (bicyclic) bond motifs is 1. The maximum absolute atomic E-state index is 6.08. The number of benzene rings is 1. The Morgan fingerprint density at radius 1 is 1.44 bits per heavy atom. The van der Waals surface area contributed by atoms with Gasteiger partial charge in [-0.1, -0.05) is 11.6 Å². The Labute approximate surface area is 116 Å². The van der Waals surface area contributed by atoms with Crippen LogP contribution in [0.5, 0.6) is 0 Å². The highest BCUT2D eigenvalue weighted by Crippen LogP contribution is 2.34. The molecule has 1 aliphatic rings. The number of H-pyrrole nitrogens is 1. The molecule has 3 rings (SSSR count). The highest BCUT2D eigenvalue weighted by molar-refractivity contribution is 7.71. The first kappa shape index (κ1) is 12.2. The van der Waals surface area contributed by atoms with Crippen LogP contribution in [0.4, 0.5) is 0 Å². The van der Waals surface area contributed by atoms with E-state index in [2.05, 4.69) is 9.55 Å². The van der Waals surface area contributed by atoms with Crippen molar-refractivity contribution in [2.45, 2.75) is 31.4 Å². The quantitative estimate of drug-likeness (QED) is 0.841. The van der Waals surface area contributed by atoms with Crippen molar-refractivity contribution in [3.8, 4) is 0 Å². The van der Waals surface area contributed by atoms with E-state index in [4.69, 9.17) is 28.6 Å². The third-order valence-electron chi connectivity index (χ3n) is 3.74. The molecule has 1 N–H and O–H groups in total. The monoisotopic (exact) mass is 282 g/mol. The molecule has 0 bridgehead atoms. The van der Waals surface area contributed by atoms with Crippen LogP contribution >= 0.6 is 23.8 Å². The minimum atomic E-state index is 0.348. The molecule has 0 spiro atoms. The lowest BCUT2D eigenvalue weighted by Gasteiger charge is -2.13. The van der Waals surface area contributed by atoms with E-state index in [0.717, 1.165) is 40.1 Å². The first-order valence-electron chi connectivity index (χ1n) is 6.11. The van der Waals surface area contributed by atoms with E-state index in [-0.39, 0.29) is 0 Å². The van der Waals surface area contributed by atoms with Crippen LogP contribution in [0, 0.1) is 4.77 Å². The van der Waals surface area contributed by atoms with E-state index in [1.165, 1.54) is 0 Å². The minimum Gasteiger partial charge on any atom is -0.381 e. The van der Waals surface area contributed by atoms with E-state index in [1.54, 1.807) is 7.11 Å². The third kappa shape index (κ3) is 1.98. The van der Waals surface area contributed by atoms with Gasteiger partial charge in [0.05, 0.1) is 17.1 Å². The fourth-order valence-corrected chi connectivity index (χ4v) is 3.35. The molecule has 1 heterocycles. The molecule has 0 radical (unpaired) electrons. The summed E-state index contributed by atoms with van der Waals surface area (Å²) < 4.78 is 8.39. The number of methoxy groups -OCH3 is 1. The Morgan fingerprint density at radius 3 is 3.00 bits per heavy atom. The molecule has 0 saturated heterocycles. The van der Waals surface area contributed by atoms with Gasteiger partial charge in [0.1, 0.15) is 0 Å². The molecule has 0 aliphatic heterocycles. The lowest BCUT2D eigenvalue weighted by Crippen LogP contribution is -2.09. The molecule has 18 heavy (non-hydrogen) atoms. The second-order valence-corrected chi connectivity index (χ2v) is 5.61. The molecule has 1 saturated carbocycles. The Balaban J connectivity index is 2.08. The number of aromatic amines is 1. The van der Waals surface area contributed by atoms with Crippen LogP contribution in [-0.2, 0) is 4.74 Å². The lowest BCUT2D eigenvalue weighted by molar-refractivity contribution is 0.106. The first-order valence-corrected chi connectivity index (χ1v) is 6.90. The largest absolute Gasteiger partial charge is 0.381 e. The highest BCUT2D eigenvalue weighted by Gasteiger charge is 2.27. The van der Waals surface area contributed by atoms with Crippen LogP contribution in [0.1, 0.15) is 25.3 Å². The first-order chi connectivity index (χ1) is 8.69. The zero-order chi connectivity index (χ0) is 12.7. The molecule has 1 aliphatic carbocycles. The zero-order valence-electron chi connectivity index (χ0n) is 10.1. The zero-order valence-corrected chi connectivity index (χ0v) is 11.7. The fraction of sp³-hybridized carbons (Fsp3) is 0.462. The standard InChI is InChI=1S/C13H15ClN2OS/c1-17-10-4-3-9(7-10)16-12-6-8(14)2-5-11(12)15-13(16)18/h2,5-6,9-10H,3-4,7H2,1H3,(H,15,18). The average molecular weight is 283 g/mol. The van der Waals surface area contributed by atoms with E-state index >= 15 is 0 Å². The van der Waals surface area contributed by atoms with E-state index in [1.807, 2.05) is 18.2 Å². The number of hydrogen-bond donors (Lipinski definition) is 1. The molecule has 2 atom stereocenters. The van der Waals surface area contributed by atoms with Gasteiger partial charge < -0.3 is 14.3 Å². The predicted octanol–water partition coefficient (Wildman–Crippen LogP) is 4.09. The summed E-state index contributed by atoms with van der Waals surface area (Å²) >= 11 is 11.5. The Hall–Kier alpha value is -0.840. The summed E-state index contributed by atoms with van der Waals surface area (Å²) in [6.45, 7) is 0. The van der Waals surface area contributed by atoms with Crippen molar-refractivity contribution in [1.82, 2.24) is 9.55 Å². The summed E-state index contributed by atoms with van der Waals surface area (Å²) in [6, 6.07) is 6.25. The SMILES string of the molecule is COC1CCC(n2c(=S)[nH]c3ccc(Cl)cc32)C1. The number of imidazole rings is 1. The van der Waals surface area contributed by atoms with Crippen LogP contribution in [0.2, 0.25) is 5.02 Å². The summed E-state index contributed by atoms with van der Waals surface area (Å²) in [7, 11) is 1.78. The van der Waals surface area contributed by atoms with Crippen LogP contribution in [0.3, 0.4) is 0 Å². The van der Waals surface area contributed by atoms with Crippen molar-refractivity contribution < 1.29 is 4.74 Å². The van der Waals surface area contributed by atoms with Crippen LogP contribution in [0.25, 0.3) is 11.0 Å². The van der Waals surface area contributed by atoms with Crippen molar-refractivity contribution in [3.05, 3.63) is 28.0 Å². The van der Waals surface area contributed by atoms with Crippen molar-refractivity contribution >= 4 is 34.9 Å². The number of halogens is 1. The van der Waals surface area contributed by atoms with Gasteiger partial charge in [0.2, 0.25) is 0 Å². The number of nitrogens with one attached hydrogen (secondary N) is 1. The van der Waals surface area contributed by atoms with E-state index in [0.29, 0.717) is 12.1 Å². The maximum atomic E-state index is 6.08.